The van der Waals surface area contributed by atoms with Gasteiger partial charge in [0.15, 0.2) is 5.13 Å². The fraction of sp³-hybridized carbons (Fsp3) is 0.400. The van der Waals surface area contributed by atoms with Gasteiger partial charge in [-0.1, -0.05) is 6.07 Å². The Kier molecular flexibility index (Phi) is 5.04. The average Bonchev–Trinajstić information content (AvgIpc) is 3.19. The number of nitrogens with zero attached hydrogens (tertiary/aromatic N) is 2. The first-order valence-corrected chi connectivity index (χ1v) is 9.18. The third-order valence-corrected chi connectivity index (χ3v) is 5.25. The molecule has 1 saturated heterocycles. The Morgan fingerprint density at radius 3 is 3.09 bits per heavy atom. The molecule has 0 aliphatic carbocycles. The Labute approximate surface area is 142 Å². The molecule has 0 aromatic carbocycles. The molecule has 0 bridgehead atoms. The molecule has 8 heteroatoms. The van der Waals surface area contributed by atoms with Gasteiger partial charge in [0.05, 0.1) is 17.0 Å². The first-order valence-electron chi connectivity index (χ1n) is 7.42. The van der Waals surface area contributed by atoms with Crippen molar-refractivity contribution in [3.8, 4) is 0 Å². The molecule has 2 N–H and O–H groups in total. The number of thiazole rings is 1. The molecule has 2 aromatic rings. The summed E-state index contributed by atoms with van der Waals surface area (Å²) in [6.45, 7) is 4.35. The summed E-state index contributed by atoms with van der Waals surface area (Å²) in [6, 6.07) is 3.92. The number of piperazine rings is 1. The van der Waals surface area contributed by atoms with Crippen LogP contribution in [0.2, 0.25) is 0 Å². The van der Waals surface area contributed by atoms with Gasteiger partial charge >= 0.3 is 0 Å². The van der Waals surface area contributed by atoms with Crippen LogP contribution in [-0.4, -0.2) is 47.4 Å². The predicted octanol–water partition coefficient (Wildman–Crippen LogP) is 1.82. The lowest BCUT2D eigenvalue weighted by atomic mass is 10.2. The van der Waals surface area contributed by atoms with Crippen molar-refractivity contribution < 1.29 is 9.59 Å². The molecule has 0 spiro atoms. The number of nitrogens with one attached hydrogen (secondary N) is 2. The van der Waals surface area contributed by atoms with Crippen molar-refractivity contribution in [1.82, 2.24) is 15.2 Å². The normalized spacial score (nSPS) is 18.0. The van der Waals surface area contributed by atoms with Crippen LogP contribution in [0.1, 0.15) is 22.3 Å². The van der Waals surface area contributed by atoms with Crippen molar-refractivity contribution in [3.05, 3.63) is 33.5 Å². The minimum atomic E-state index is -0.164. The maximum atomic E-state index is 12.3. The van der Waals surface area contributed by atoms with Crippen molar-refractivity contribution in [2.45, 2.75) is 19.4 Å². The number of carbonyl (C=O) groups excluding carboxylic acids is 2. The van der Waals surface area contributed by atoms with Gasteiger partial charge in [-0.2, -0.15) is 0 Å². The molecule has 3 rings (SSSR count). The van der Waals surface area contributed by atoms with Crippen molar-refractivity contribution in [1.29, 1.82) is 0 Å². The van der Waals surface area contributed by atoms with Crippen LogP contribution in [0.5, 0.6) is 0 Å². The van der Waals surface area contributed by atoms with E-state index in [1.165, 1.54) is 22.7 Å². The van der Waals surface area contributed by atoms with Crippen LogP contribution in [0.3, 0.4) is 0 Å². The largest absolute Gasteiger partial charge is 0.340 e. The van der Waals surface area contributed by atoms with Crippen molar-refractivity contribution in [3.63, 3.8) is 0 Å². The van der Waals surface area contributed by atoms with Gasteiger partial charge in [-0.05, 0) is 18.4 Å². The molecule has 1 atom stereocenters. The van der Waals surface area contributed by atoms with Crippen LogP contribution in [-0.2, 0) is 11.2 Å². The Bertz CT molecular complexity index is 683. The van der Waals surface area contributed by atoms with Gasteiger partial charge in [0.25, 0.3) is 5.91 Å². The molecular formula is C15H18N4O2S2. The van der Waals surface area contributed by atoms with Gasteiger partial charge in [-0.25, -0.2) is 4.98 Å². The second kappa shape index (κ2) is 7.20. The van der Waals surface area contributed by atoms with Gasteiger partial charge < -0.3 is 10.2 Å². The van der Waals surface area contributed by atoms with Crippen LogP contribution in [0, 0.1) is 0 Å². The lowest BCUT2D eigenvalue weighted by molar-refractivity contribution is -0.131. The SMILES string of the molecule is CC1CN(C(=O)Cc2csc(NC(=O)c3cccs3)n2)CCN1. The van der Waals surface area contributed by atoms with Crippen LogP contribution in [0.4, 0.5) is 5.13 Å². The first kappa shape index (κ1) is 16.1. The Morgan fingerprint density at radius 1 is 1.48 bits per heavy atom. The van der Waals surface area contributed by atoms with E-state index >= 15 is 0 Å². The Hall–Kier alpha value is -1.77. The third kappa shape index (κ3) is 4.15. The van der Waals surface area contributed by atoms with E-state index in [0.717, 1.165) is 19.6 Å². The summed E-state index contributed by atoms with van der Waals surface area (Å²) in [5.74, 6) is -0.0806. The van der Waals surface area contributed by atoms with Crippen LogP contribution < -0.4 is 10.6 Å². The van der Waals surface area contributed by atoms with Crippen molar-refractivity contribution in [2.75, 3.05) is 25.0 Å². The second-order valence-electron chi connectivity index (χ2n) is 5.45. The molecule has 1 unspecified atom stereocenters. The maximum Gasteiger partial charge on any atom is 0.267 e. The molecule has 1 fully saturated rings. The van der Waals surface area contributed by atoms with E-state index in [4.69, 9.17) is 0 Å². The molecular weight excluding hydrogens is 332 g/mol. The van der Waals surface area contributed by atoms with Crippen LogP contribution >= 0.6 is 22.7 Å². The summed E-state index contributed by atoms with van der Waals surface area (Å²) < 4.78 is 0. The summed E-state index contributed by atoms with van der Waals surface area (Å²) in [5.41, 5.74) is 0.702. The number of thiophene rings is 1. The number of amides is 2. The van der Waals surface area contributed by atoms with Crippen LogP contribution in [0.15, 0.2) is 22.9 Å². The molecule has 6 nitrogen and oxygen atoms in total. The molecule has 3 heterocycles. The van der Waals surface area contributed by atoms with E-state index in [2.05, 4.69) is 22.5 Å². The van der Waals surface area contributed by atoms with Gasteiger partial charge in [0.1, 0.15) is 0 Å². The van der Waals surface area contributed by atoms with E-state index in [0.29, 0.717) is 21.7 Å². The van der Waals surface area contributed by atoms with E-state index in [1.54, 1.807) is 6.07 Å². The van der Waals surface area contributed by atoms with Crippen LogP contribution in [0.25, 0.3) is 0 Å². The average molecular weight is 350 g/mol. The molecule has 23 heavy (non-hydrogen) atoms. The van der Waals surface area contributed by atoms with E-state index in [1.807, 2.05) is 21.7 Å². The number of hydrogen-bond acceptors (Lipinski definition) is 6. The maximum absolute atomic E-state index is 12.3. The summed E-state index contributed by atoms with van der Waals surface area (Å²) in [4.78, 5) is 31.1. The summed E-state index contributed by atoms with van der Waals surface area (Å²) in [5, 5.41) is 10.3. The summed E-state index contributed by atoms with van der Waals surface area (Å²) in [7, 11) is 0. The number of anilines is 1. The zero-order valence-corrected chi connectivity index (χ0v) is 14.4. The van der Waals surface area contributed by atoms with E-state index in [9.17, 15) is 9.59 Å². The molecule has 2 aromatic heterocycles. The monoisotopic (exact) mass is 350 g/mol. The zero-order valence-electron chi connectivity index (χ0n) is 12.7. The Balaban J connectivity index is 1.56. The highest BCUT2D eigenvalue weighted by atomic mass is 32.1. The lowest BCUT2D eigenvalue weighted by Gasteiger charge is -2.31. The first-order chi connectivity index (χ1) is 11.1. The summed E-state index contributed by atoms with van der Waals surface area (Å²) in [6.07, 6.45) is 0.276. The number of rotatable bonds is 4. The highest BCUT2D eigenvalue weighted by Gasteiger charge is 2.21. The number of hydrogen-bond donors (Lipinski definition) is 2. The topological polar surface area (TPSA) is 74.3 Å². The molecule has 2 amide bonds. The quantitative estimate of drug-likeness (QED) is 0.882. The molecule has 122 valence electrons. The smallest absolute Gasteiger partial charge is 0.267 e. The van der Waals surface area contributed by atoms with E-state index < -0.39 is 0 Å². The number of carbonyl (C=O) groups is 2. The van der Waals surface area contributed by atoms with Gasteiger partial charge in [0, 0.05) is 31.1 Å². The summed E-state index contributed by atoms with van der Waals surface area (Å²) >= 11 is 2.73. The predicted molar refractivity (Wildman–Crippen MR) is 92.1 cm³/mol. The molecule has 1 aliphatic rings. The Morgan fingerprint density at radius 2 is 2.35 bits per heavy atom. The minimum absolute atomic E-state index is 0.0831. The third-order valence-electron chi connectivity index (χ3n) is 3.57. The highest BCUT2D eigenvalue weighted by Crippen LogP contribution is 2.19. The fourth-order valence-electron chi connectivity index (χ4n) is 2.44. The van der Waals surface area contributed by atoms with E-state index in [-0.39, 0.29) is 18.2 Å². The number of aromatic nitrogens is 1. The fourth-order valence-corrected chi connectivity index (χ4v) is 3.76. The van der Waals surface area contributed by atoms with Gasteiger partial charge in [-0.15, -0.1) is 22.7 Å². The standard InChI is InChI=1S/C15H18N4O2S2/c1-10-8-19(5-4-16-10)13(20)7-11-9-23-15(17-11)18-14(21)12-3-2-6-22-12/h2-3,6,9-10,16H,4-5,7-8H2,1H3,(H,17,18,21). The highest BCUT2D eigenvalue weighted by molar-refractivity contribution is 7.14. The van der Waals surface area contributed by atoms with Gasteiger partial charge in [-0.3, -0.25) is 14.9 Å². The van der Waals surface area contributed by atoms with Gasteiger partial charge in [0.2, 0.25) is 5.91 Å². The second-order valence-corrected chi connectivity index (χ2v) is 7.25. The zero-order chi connectivity index (χ0) is 16.2. The molecule has 1 aliphatic heterocycles. The molecule has 0 radical (unpaired) electrons. The van der Waals surface area contributed by atoms with Crippen molar-refractivity contribution >= 4 is 39.6 Å². The molecule has 0 saturated carbocycles. The lowest BCUT2D eigenvalue weighted by Crippen LogP contribution is -2.51. The minimum Gasteiger partial charge on any atom is -0.340 e. The van der Waals surface area contributed by atoms with Crippen molar-refractivity contribution in [2.24, 2.45) is 0 Å².